The zero-order chi connectivity index (χ0) is 17.1. The van der Waals surface area contributed by atoms with Crippen LogP contribution in [0.15, 0.2) is 24.8 Å². The lowest BCUT2D eigenvalue weighted by molar-refractivity contribution is -0.385. The lowest BCUT2D eigenvalue weighted by atomic mass is 10.0. The number of aromatic nitrogens is 4. The number of aliphatic hydroxyl groups excluding tert-OH is 1. The summed E-state index contributed by atoms with van der Waals surface area (Å²) in [7, 11) is 1.92. The Bertz CT molecular complexity index is 697. The van der Waals surface area contributed by atoms with Crippen LogP contribution in [0.5, 0.6) is 0 Å². The predicted molar refractivity (Wildman–Crippen MR) is 86.3 cm³/mol. The van der Waals surface area contributed by atoms with Crippen LogP contribution in [0.2, 0.25) is 0 Å². The summed E-state index contributed by atoms with van der Waals surface area (Å²) < 4.78 is 3.24. The van der Waals surface area contributed by atoms with Crippen molar-refractivity contribution in [1.82, 2.24) is 24.5 Å². The quantitative estimate of drug-likeness (QED) is 0.582. The van der Waals surface area contributed by atoms with Crippen LogP contribution in [-0.2, 0) is 20.0 Å². The molecule has 9 nitrogen and oxygen atoms in total. The van der Waals surface area contributed by atoms with Crippen LogP contribution in [-0.4, -0.2) is 60.2 Å². The van der Waals surface area contributed by atoms with Crippen molar-refractivity contribution in [3.8, 4) is 0 Å². The second kappa shape index (κ2) is 7.10. The average Bonchev–Trinajstić information content (AvgIpc) is 3.22. The van der Waals surface area contributed by atoms with E-state index in [9.17, 15) is 15.2 Å². The molecule has 3 heterocycles. The second-order valence-electron chi connectivity index (χ2n) is 6.47. The second-order valence-corrected chi connectivity index (χ2v) is 6.47. The molecule has 0 aromatic carbocycles. The third kappa shape index (κ3) is 4.18. The van der Waals surface area contributed by atoms with Crippen molar-refractivity contribution in [2.75, 3.05) is 19.6 Å². The van der Waals surface area contributed by atoms with Gasteiger partial charge in [0, 0.05) is 26.3 Å². The number of rotatable bonds is 7. The van der Waals surface area contributed by atoms with Crippen molar-refractivity contribution < 1.29 is 10.0 Å². The molecule has 1 aliphatic rings. The van der Waals surface area contributed by atoms with Crippen molar-refractivity contribution in [2.45, 2.75) is 25.5 Å². The molecule has 2 unspecified atom stereocenters. The summed E-state index contributed by atoms with van der Waals surface area (Å²) in [5.41, 5.74) is 1.19. The molecule has 0 spiro atoms. The Balaban J connectivity index is 1.45. The number of aliphatic hydroxyl groups is 1. The summed E-state index contributed by atoms with van der Waals surface area (Å²) >= 11 is 0. The fourth-order valence-electron chi connectivity index (χ4n) is 3.27. The van der Waals surface area contributed by atoms with E-state index in [1.165, 1.54) is 22.6 Å². The Labute approximate surface area is 139 Å². The third-order valence-corrected chi connectivity index (χ3v) is 4.35. The van der Waals surface area contributed by atoms with Crippen molar-refractivity contribution in [2.24, 2.45) is 13.0 Å². The number of nitrogens with zero attached hydrogens (tertiary/aromatic N) is 6. The number of hydrogen-bond donors (Lipinski definition) is 1. The van der Waals surface area contributed by atoms with Gasteiger partial charge in [-0.25, -0.2) is 0 Å². The number of aryl methyl sites for hydroxylation is 1. The van der Waals surface area contributed by atoms with Gasteiger partial charge in [-0.2, -0.15) is 10.2 Å². The van der Waals surface area contributed by atoms with Gasteiger partial charge in [-0.05, 0) is 30.9 Å². The van der Waals surface area contributed by atoms with Crippen molar-refractivity contribution in [1.29, 1.82) is 0 Å². The number of likely N-dealkylation sites (tertiary alicyclic amines) is 1. The maximum atomic E-state index is 10.6. The molecule has 1 fully saturated rings. The highest BCUT2D eigenvalue weighted by Crippen LogP contribution is 2.21. The normalized spacial score (nSPS) is 19.7. The molecule has 1 N–H and O–H groups in total. The topological polar surface area (TPSA) is 102 Å². The zero-order valence-corrected chi connectivity index (χ0v) is 13.7. The van der Waals surface area contributed by atoms with E-state index in [-0.39, 0.29) is 12.2 Å². The van der Waals surface area contributed by atoms with Gasteiger partial charge in [0.25, 0.3) is 0 Å². The Hall–Kier alpha value is -2.26. The lowest BCUT2D eigenvalue weighted by Gasteiger charge is -2.20. The SMILES string of the molecule is Cn1cc(CC2CCN(CC(O)Cn3cc([N+](=O)[O-])cn3)C2)cn1. The molecule has 0 bridgehead atoms. The standard InChI is InChI=1S/C15H22N6O3/c1-18-7-13(5-16-18)4-12-2-3-19(8-12)10-15(22)11-20-9-14(6-17-20)21(23)24/h5-7,9,12,15,22H,2-4,8,10-11H2,1H3. The van der Waals surface area contributed by atoms with E-state index in [2.05, 4.69) is 15.1 Å². The van der Waals surface area contributed by atoms with E-state index in [1.807, 2.05) is 24.1 Å². The molecule has 3 rings (SSSR count). The van der Waals surface area contributed by atoms with Crippen molar-refractivity contribution in [3.63, 3.8) is 0 Å². The Morgan fingerprint density at radius 2 is 2.21 bits per heavy atom. The highest BCUT2D eigenvalue weighted by Gasteiger charge is 2.25. The summed E-state index contributed by atoms with van der Waals surface area (Å²) in [5.74, 6) is 0.576. The van der Waals surface area contributed by atoms with Gasteiger partial charge in [-0.15, -0.1) is 0 Å². The minimum atomic E-state index is -0.596. The Kier molecular flexibility index (Phi) is 4.91. The molecular weight excluding hydrogens is 312 g/mol. The number of nitro groups is 1. The van der Waals surface area contributed by atoms with Crippen LogP contribution in [0.3, 0.4) is 0 Å². The first-order valence-electron chi connectivity index (χ1n) is 8.04. The van der Waals surface area contributed by atoms with Gasteiger partial charge in [0.05, 0.1) is 23.8 Å². The molecule has 130 valence electrons. The molecule has 24 heavy (non-hydrogen) atoms. The number of β-amino-alcohol motifs (C(OH)–C–C–N with tert-alkyl or cyclic N) is 1. The largest absolute Gasteiger partial charge is 0.390 e. The monoisotopic (exact) mass is 334 g/mol. The Morgan fingerprint density at radius 1 is 1.38 bits per heavy atom. The molecule has 1 aliphatic heterocycles. The number of hydrogen-bond acceptors (Lipinski definition) is 6. The average molecular weight is 334 g/mol. The highest BCUT2D eigenvalue weighted by atomic mass is 16.6. The highest BCUT2D eigenvalue weighted by molar-refractivity contribution is 5.20. The zero-order valence-electron chi connectivity index (χ0n) is 13.7. The van der Waals surface area contributed by atoms with Crippen LogP contribution in [0, 0.1) is 16.0 Å². The van der Waals surface area contributed by atoms with Gasteiger partial charge >= 0.3 is 5.69 Å². The van der Waals surface area contributed by atoms with Crippen LogP contribution in [0.25, 0.3) is 0 Å². The molecular formula is C15H22N6O3. The summed E-state index contributed by atoms with van der Waals surface area (Å²) in [6.45, 7) is 2.72. The van der Waals surface area contributed by atoms with E-state index < -0.39 is 11.0 Å². The molecule has 1 saturated heterocycles. The van der Waals surface area contributed by atoms with Gasteiger partial charge in [-0.3, -0.25) is 19.5 Å². The van der Waals surface area contributed by atoms with Crippen LogP contribution >= 0.6 is 0 Å². The van der Waals surface area contributed by atoms with E-state index in [0.717, 1.165) is 25.9 Å². The van der Waals surface area contributed by atoms with Gasteiger partial charge < -0.3 is 10.0 Å². The van der Waals surface area contributed by atoms with Crippen molar-refractivity contribution in [3.05, 3.63) is 40.5 Å². The van der Waals surface area contributed by atoms with Gasteiger partial charge in [0.2, 0.25) is 0 Å². The van der Waals surface area contributed by atoms with E-state index in [1.54, 1.807) is 0 Å². The molecule has 0 radical (unpaired) electrons. The summed E-state index contributed by atoms with van der Waals surface area (Å²) in [4.78, 5) is 12.4. The predicted octanol–water partition coefficient (Wildman–Crippen LogP) is 0.450. The molecule has 2 atom stereocenters. The maximum Gasteiger partial charge on any atom is 0.306 e. The van der Waals surface area contributed by atoms with E-state index in [4.69, 9.17) is 0 Å². The van der Waals surface area contributed by atoms with Gasteiger partial charge in [0.15, 0.2) is 0 Å². The molecule has 2 aromatic rings. The van der Waals surface area contributed by atoms with Crippen LogP contribution < -0.4 is 0 Å². The minimum Gasteiger partial charge on any atom is -0.390 e. The molecule has 0 amide bonds. The maximum absolute atomic E-state index is 10.6. The van der Waals surface area contributed by atoms with E-state index >= 15 is 0 Å². The van der Waals surface area contributed by atoms with Crippen molar-refractivity contribution >= 4 is 5.69 Å². The van der Waals surface area contributed by atoms with Crippen LogP contribution in [0.4, 0.5) is 5.69 Å². The van der Waals surface area contributed by atoms with E-state index in [0.29, 0.717) is 12.5 Å². The fraction of sp³-hybridized carbons (Fsp3) is 0.600. The minimum absolute atomic E-state index is 0.0556. The van der Waals surface area contributed by atoms with Crippen LogP contribution in [0.1, 0.15) is 12.0 Å². The first kappa shape index (κ1) is 16.6. The molecule has 9 heteroatoms. The molecule has 2 aromatic heterocycles. The molecule has 0 saturated carbocycles. The third-order valence-electron chi connectivity index (χ3n) is 4.35. The Morgan fingerprint density at radius 3 is 2.88 bits per heavy atom. The fourth-order valence-corrected chi connectivity index (χ4v) is 3.27. The van der Waals surface area contributed by atoms with Gasteiger partial charge in [0.1, 0.15) is 12.4 Å². The lowest BCUT2D eigenvalue weighted by Crippen LogP contribution is -2.33. The van der Waals surface area contributed by atoms with Gasteiger partial charge in [-0.1, -0.05) is 0 Å². The first-order chi connectivity index (χ1) is 11.5. The molecule has 0 aliphatic carbocycles. The summed E-state index contributed by atoms with van der Waals surface area (Å²) in [6.07, 6.45) is 8.01. The summed E-state index contributed by atoms with van der Waals surface area (Å²) in [5, 5.41) is 29.0. The first-order valence-corrected chi connectivity index (χ1v) is 8.04. The summed E-state index contributed by atoms with van der Waals surface area (Å²) in [6, 6.07) is 0. The smallest absolute Gasteiger partial charge is 0.306 e.